The van der Waals surface area contributed by atoms with Gasteiger partial charge in [0.15, 0.2) is 0 Å². The molecule has 3 aromatic carbocycles. The lowest BCUT2D eigenvalue weighted by Gasteiger charge is -2.30. The molecular formula is C43H49N7O. The van der Waals surface area contributed by atoms with Crippen molar-refractivity contribution in [3.8, 4) is 33.6 Å². The van der Waals surface area contributed by atoms with Gasteiger partial charge in [-0.2, -0.15) is 0 Å². The van der Waals surface area contributed by atoms with Gasteiger partial charge in [-0.25, -0.2) is 9.97 Å². The van der Waals surface area contributed by atoms with E-state index in [2.05, 4.69) is 106 Å². The summed E-state index contributed by atoms with van der Waals surface area (Å²) < 4.78 is 5.84. The largest absolute Gasteiger partial charge is 0.369 e. The number of ether oxygens (including phenoxy) is 1. The smallest absolute Gasteiger partial charge is 0.138 e. The molecule has 8 heteroatoms. The van der Waals surface area contributed by atoms with E-state index in [9.17, 15) is 0 Å². The van der Waals surface area contributed by atoms with E-state index >= 15 is 0 Å². The maximum absolute atomic E-state index is 5.84. The average Bonchev–Trinajstić information content (AvgIpc) is 3.92. The molecular weight excluding hydrogens is 631 g/mol. The third-order valence-electron chi connectivity index (χ3n) is 10.4. The highest BCUT2D eigenvalue weighted by molar-refractivity contribution is 5.91. The second-order valence-corrected chi connectivity index (χ2v) is 13.7. The number of rotatable bonds is 13. The molecule has 0 saturated carbocycles. The highest BCUT2D eigenvalue weighted by atomic mass is 16.5. The molecule has 2 unspecified atom stereocenters. The summed E-state index contributed by atoms with van der Waals surface area (Å²) in [6, 6.07) is 20.7. The zero-order valence-electron chi connectivity index (χ0n) is 30.4. The van der Waals surface area contributed by atoms with E-state index in [-0.39, 0.29) is 6.10 Å². The van der Waals surface area contributed by atoms with Crippen molar-refractivity contribution in [3.63, 3.8) is 0 Å². The first-order valence-corrected chi connectivity index (χ1v) is 18.2. The number of fused-ring (bicyclic) bond motifs is 4. The number of aliphatic imine (C=N–C) groups is 1. The van der Waals surface area contributed by atoms with Crippen LogP contribution in [0.5, 0.6) is 0 Å². The number of hydrogen-bond donors (Lipinski definition) is 2. The van der Waals surface area contributed by atoms with Crippen molar-refractivity contribution in [3.05, 3.63) is 120 Å². The Labute approximate surface area is 301 Å². The van der Waals surface area contributed by atoms with E-state index in [0.29, 0.717) is 12.6 Å². The molecule has 0 amide bonds. The normalized spacial score (nSPS) is 16.8. The van der Waals surface area contributed by atoms with Crippen molar-refractivity contribution in [2.45, 2.75) is 64.6 Å². The fourth-order valence-electron chi connectivity index (χ4n) is 7.71. The molecule has 1 saturated heterocycles. The maximum Gasteiger partial charge on any atom is 0.138 e. The number of aromatic nitrogens is 4. The zero-order chi connectivity index (χ0) is 35.5. The molecule has 2 aliphatic rings. The molecule has 5 aromatic rings. The van der Waals surface area contributed by atoms with Crippen LogP contribution in [0.15, 0.2) is 102 Å². The number of nitrogens with zero attached hydrogens (tertiary/aromatic N) is 5. The molecule has 1 aliphatic carbocycles. The number of hydrogen-bond acceptors (Lipinski definition) is 6. The summed E-state index contributed by atoms with van der Waals surface area (Å²) in [5.41, 5.74) is 11.3. The van der Waals surface area contributed by atoms with Gasteiger partial charge in [-0.15, -0.1) is 0 Å². The monoisotopic (exact) mass is 679 g/mol. The van der Waals surface area contributed by atoms with Gasteiger partial charge in [-0.3, -0.25) is 9.89 Å². The van der Waals surface area contributed by atoms with Crippen LogP contribution in [0, 0.1) is 0 Å². The van der Waals surface area contributed by atoms with Gasteiger partial charge < -0.3 is 19.6 Å². The van der Waals surface area contributed by atoms with Crippen LogP contribution in [-0.4, -0.2) is 69.3 Å². The molecule has 8 nitrogen and oxygen atoms in total. The fourth-order valence-corrected chi connectivity index (χ4v) is 7.71. The number of nitrogens with one attached hydrogen (secondary N) is 2. The summed E-state index contributed by atoms with van der Waals surface area (Å²) in [5.74, 6) is 2.00. The van der Waals surface area contributed by atoms with Crippen molar-refractivity contribution in [1.82, 2.24) is 29.7 Å². The van der Waals surface area contributed by atoms with Crippen LogP contribution in [0.2, 0.25) is 0 Å². The van der Waals surface area contributed by atoms with E-state index in [4.69, 9.17) is 14.7 Å². The van der Waals surface area contributed by atoms with Crippen LogP contribution in [0.1, 0.15) is 62.1 Å². The van der Waals surface area contributed by atoms with Crippen LogP contribution >= 0.6 is 0 Å². The number of likely N-dealkylation sites (tertiary alicyclic amines) is 1. The summed E-state index contributed by atoms with van der Waals surface area (Å²) in [6.07, 6.45) is 12.2. The van der Waals surface area contributed by atoms with Crippen LogP contribution < -0.4 is 0 Å². The minimum Gasteiger partial charge on any atom is -0.369 e. The van der Waals surface area contributed by atoms with Gasteiger partial charge in [-0.05, 0) is 92.2 Å². The maximum atomic E-state index is 5.84. The standard InChI is InChI=1S/C43H49N7O/c1-7-20-44-36(9-3)42(51-6)28(4)50(21-8-2)27-40-45-26-38(46-40)34-15-14-30-23-29(12-13-31(30)25-34)32-16-18-35-33(24-32)17-19-37-41(35)48-43(47-37)39-11-10-22-49(39)5/h7,9,12-16,18,20,23-26,39,42H,1,4,8,10-11,17,19,21-22,27H2,2-3,5-6H3,(H,45,46)(H,47,48)/b36-9-,44-20-. The Morgan fingerprint density at radius 2 is 1.84 bits per heavy atom. The lowest BCUT2D eigenvalue weighted by atomic mass is 9.89. The Balaban J connectivity index is 1.07. The van der Waals surface area contributed by atoms with Crippen LogP contribution in [-0.2, 0) is 24.1 Å². The van der Waals surface area contributed by atoms with Gasteiger partial charge in [0, 0.05) is 36.7 Å². The molecule has 0 bridgehead atoms. The van der Waals surface area contributed by atoms with Gasteiger partial charge in [-0.1, -0.05) is 74.7 Å². The Hall–Kier alpha value is -5.05. The second kappa shape index (κ2) is 15.1. The molecule has 262 valence electrons. The number of imidazole rings is 2. The fraction of sp³-hybridized carbons (Fsp3) is 0.326. The Morgan fingerprint density at radius 1 is 1.08 bits per heavy atom. The highest BCUT2D eigenvalue weighted by Crippen LogP contribution is 2.38. The predicted octanol–water partition coefficient (Wildman–Crippen LogP) is 9.05. The van der Waals surface area contributed by atoms with E-state index in [1.54, 1.807) is 19.4 Å². The lowest BCUT2D eigenvalue weighted by molar-refractivity contribution is 0.124. The second-order valence-electron chi connectivity index (χ2n) is 13.7. The minimum absolute atomic E-state index is 0.361. The summed E-state index contributed by atoms with van der Waals surface area (Å²) in [4.78, 5) is 26.3. The third-order valence-corrected chi connectivity index (χ3v) is 10.4. The molecule has 2 N–H and O–H groups in total. The number of aryl methyl sites for hydroxylation is 2. The number of allylic oxidation sites excluding steroid dienone is 2. The van der Waals surface area contributed by atoms with E-state index in [0.717, 1.165) is 66.7 Å². The Morgan fingerprint density at radius 3 is 2.57 bits per heavy atom. The molecule has 51 heavy (non-hydrogen) atoms. The number of benzene rings is 3. The van der Waals surface area contributed by atoms with Crippen molar-refractivity contribution in [2.75, 3.05) is 27.2 Å². The van der Waals surface area contributed by atoms with E-state index in [1.807, 2.05) is 19.2 Å². The zero-order valence-corrected chi connectivity index (χ0v) is 30.4. The third kappa shape index (κ3) is 6.99. The topological polar surface area (TPSA) is 85.4 Å². The summed E-state index contributed by atoms with van der Waals surface area (Å²) in [6.45, 7) is 14.8. The Kier molecular flexibility index (Phi) is 10.2. The first kappa shape index (κ1) is 34.4. The van der Waals surface area contributed by atoms with Crippen molar-refractivity contribution in [2.24, 2.45) is 4.99 Å². The van der Waals surface area contributed by atoms with Gasteiger partial charge >= 0.3 is 0 Å². The van der Waals surface area contributed by atoms with Crippen molar-refractivity contribution >= 4 is 17.0 Å². The van der Waals surface area contributed by atoms with E-state index in [1.165, 1.54) is 57.3 Å². The average molecular weight is 680 g/mol. The molecule has 1 fully saturated rings. The quantitative estimate of drug-likeness (QED) is 0.121. The molecule has 3 heterocycles. The predicted molar refractivity (Wildman–Crippen MR) is 210 cm³/mol. The van der Waals surface area contributed by atoms with Crippen LogP contribution in [0.25, 0.3) is 44.4 Å². The van der Waals surface area contributed by atoms with Gasteiger partial charge in [0.1, 0.15) is 17.8 Å². The van der Waals surface area contributed by atoms with Gasteiger partial charge in [0.05, 0.1) is 41.6 Å². The highest BCUT2D eigenvalue weighted by Gasteiger charge is 2.29. The molecule has 0 radical (unpaired) electrons. The first-order valence-electron chi connectivity index (χ1n) is 18.2. The van der Waals surface area contributed by atoms with Gasteiger partial charge in [0.2, 0.25) is 0 Å². The summed E-state index contributed by atoms with van der Waals surface area (Å²) in [7, 11) is 3.90. The molecule has 2 aromatic heterocycles. The van der Waals surface area contributed by atoms with Crippen molar-refractivity contribution in [1.29, 1.82) is 0 Å². The molecule has 2 atom stereocenters. The van der Waals surface area contributed by atoms with Crippen LogP contribution in [0.4, 0.5) is 0 Å². The molecule has 7 rings (SSSR count). The number of H-pyrrole nitrogens is 2. The minimum atomic E-state index is -0.361. The molecule has 0 spiro atoms. The van der Waals surface area contributed by atoms with Crippen molar-refractivity contribution < 1.29 is 4.74 Å². The SMILES string of the molecule is C=C/C=N\C(=C/C)C(OC)C(=C)N(CCC)Cc1ncc(-c2ccc3cc(-c4ccc5c(c4)CCc4nc(C6CCCN6C)[nH]c4-5)ccc3c2)[nH]1. The van der Waals surface area contributed by atoms with Crippen LogP contribution in [0.3, 0.4) is 0 Å². The van der Waals surface area contributed by atoms with Gasteiger partial charge in [0.25, 0.3) is 0 Å². The first-order chi connectivity index (χ1) is 24.9. The summed E-state index contributed by atoms with van der Waals surface area (Å²) in [5, 5.41) is 2.41. The lowest BCUT2D eigenvalue weighted by Crippen LogP contribution is -2.32. The number of methoxy groups -OCH3 is 1. The summed E-state index contributed by atoms with van der Waals surface area (Å²) >= 11 is 0. The van der Waals surface area contributed by atoms with E-state index < -0.39 is 0 Å². The number of aromatic amines is 2. The Bertz CT molecular complexity index is 2120. The molecule has 1 aliphatic heterocycles.